The Morgan fingerprint density at radius 1 is 1.19 bits per heavy atom. The van der Waals surface area contributed by atoms with Crippen molar-refractivity contribution in [2.75, 3.05) is 38.2 Å². The second-order valence-electron chi connectivity index (χ2n) is 6.77. The van der Waals surface area contributed by atoms with Crippen LogP contribution in [0.15, 0.2) is 0 Å². The minimum Gasteiger partial charge on any atom is -0.450 e. The van der Waals surface area contributed by atoms with Crippen molar-refractivity contribution >= 4 is 27.7 Å². The van der Waals surface area contributed by atoms with Crippen molar-refractivity contribution in [1.82, 2.24) is 15.1 Å². The average Bonchev–Trinajstić information content (AvgIpc) is 2.94. The summed E-state index contributed by atoms with van der Waals surface area (Å²) in [5.41, 5.74) is 0. The molecule has 2 aliphatic heterocycles. The van der Waals surface area contributed by atoms with Crippen LogP contribution in [0.25, 0.3) is 0 Å². The molecule has 2 heterocycles. The van der Waals surface area contributed by atoms with Crippen LogP contribution in [0.4, 0.5) is 4.79 Å². The zero-order valence-electron chi connectivity index (χ0n) is 15.3. The molecular weight excluding hydrogens is 362 g/mol. The van der Waals surface area contributed by atoms with Gasteiger partial charge in [0.05, 0.1) is 18.1 Å². The maximum absolute atomic E-state index is 12.2. The highest BCUT2D eigenvalue weighted by Crippen LogP contribution is 2.17. The smallest absolute Gasteiger partial charge is 0.409 e. The highest BCUT2D eigenvalue weighted by atomic mass is 32.2. The molecule has 0 spiro atoms. The van der Waals surface area contributed by atoms with Gasteiger partial charge in [0.15, 0.2) is 9.84 Å². The second-order valence-corrected chi connectivity index (χ2v) is 8.99. The molecule has 9 nitrogen and oxygen atoms in total. The lowest BCUT2D eigenvalue weighted by Crippen LogP contribution is -2.48. The molecule has 0 aromatic heterocycles. The molecule has 0 radical (unpaired) electrons. The molecule has 148 valence electrons. The van der Waals surface area contributed by atoms with Gasteiger partial charge in [-0.15, -0.1) is 0 Å². The fourth-order valence-electron chi connectivity index (χ4n) is 3.25. The van der Waals surface area contributed by atoms with Crippen LogP contribution in [-0.2, 0) is 24.2 Å². The van der Waals surface area contributed by atoms with Crippen LogP contribution in [0.2, 0.25) is 0 Å². The first kappa shape index (κ1) is 20.5. The molecule has 0 bridgehead atoms. The quantitative estimate of drug-likeness (QED) is 0.649. The lowest BCUT2D eigenvalue weighted by molar-refractivity contribution is -0.136. The Hall–Kier alpha value is -1.84. The number of piperidine rings is 1. The van der Waals surface area contributed by atoms with Crippen LogP contribution < -0.4 is 5.32 Å². The number of amides is 3. The third kappa shape index (κ3) is 5.58. The number of likely N-dealkylation sites (tertiary alicyclic amines) is 1. The summed E-state index contributed by atoms with van der Waals surface area (Å²) in [5, 5.41) is 2.82. The van der Waals surface area contributed by atoms with Crippen LogP contribution in [0.5, 0.6) is 0 Å². The summed E-state index contributed by atoms with van der Waals surface area (Å²) < 4.78 is 28.0. The van der Waals surface area contributed by atoms with Crippen molar-refractivity contribution in [2.45, 2.75) is 44.7 Å². The first-order chi connectivity index (χ1) is 12.2. The van der Waals surface area contributed by atoms with E-state index < -0.39 is 9.84 Å². The van der Waals surface area contributed by atoms with E-state index in [0.29, 0.717) is 39.0 Å². The standard InChI is InChI=1S/C16H27N3O6S/c1-3-25-16(22)19-7-4-12(5-8-19)17-14(20)10-15(21)18(2)13-6-9-26(23,24)11-13/h12-13H,3-11H2,1-2H3,(H,17,20). The number of carbonyl (C=O) groups is 3. The summed E-state index contributed by atoms with van der Waals surface area (Å²) in [4.78, 5) is 38.9. The van der Waals surface area contributed by atoms with Gasteiger partial charge in [-0.1, -0.05) is 0 Å². The Labute approximate surface area is 153 Å². The lowest BCUT2D eigenvalue weighted by atomic mass is 10.1. The Balaban J connectivity index is 1.73. The van der Waals surface area contributed by atoms with E-state index in [1.165, 1.54) is 4.90 Å². The first-order valence-electron chi connectivity index (χ1n) is 8.89. The van der Waals surface area contributed by atoms with Gasteiger partial charge < -0.3 is 19.9 Å². The molecule has 1 N–H and O–H groups in total. The predicted octanol–water partition coefficient (Wildman–Crippen LogP) is -0.241. The maximum atomic E-state index is 12.2. The summed E-state index contributed by atoms with van der Waals surface area (Å²) in [7, 11) is -1.54. The van der Waals surface area contributed by atoms with Crippen molar-refractivity contribution < 1.29 is 27.5 Å². The second kappa shape index (κ2) is 8.70. The Kier molecular flexibility index (Phi) is 6.85. The molecule has 1 unspecified atom stereocenters. The molecule has 0 saturated carbocycles. The lowest BCUT2D eigenvalue weighted by Gasteiger charge is -2.31. The molecule has 10 heteroatoms. The molecule has 0 aromatic rings. The number of nitrogens with one attached hydrogen (secondary N) is 1. The van der Waals surface area contributed by atoms with E-state index in [1.807, 2.05) is 0 Å². The number of hydrogen-bond donors (Lipinski definition) is 1. The van der Waals surface area contributed by atoms with Crippen molar-refractivity contribution in [3.05, 3.63) is 0 Å². The van der Waals surface area contributed by atoms with Gasteiger partial charge in [0, 0.05) is 32.2 Å². The van der Waals surface area contributed by atoms with Gasteiger partial charge in [-0.3, -0.25) is 9.59 Å². The van der Waals surface area contributed by atoms with Gasteiger partial charge in [-0.05, 0) is 26.2 Å². The summed E-state index contributed by atoms with van der Waals surface area (Å²) in [5.74, 6) is -0.713. The molecule has 2 fully saturated rings. The number of sulfone groups is 1. The number of rotatable bonds is 5. The zero-order chi connectivity index (χ0) is 19.3. The zero-order valence-corrected chi connectivity index (χ0v) is 16.1. The molecule has 3 amide bonds. The van der Waals surface area contributed by atoms with Crippen LogP contribution >= 0.6 is 0 Å². The Morgan fingerprint density at radius 3 is 2.38 bits per heavy atom. The molecule has 0 aliphatic carbocycles. The number of nitrogens with zero attached hydrogens (tertiary/aromatic N) is 2. The van der Waals surface area contributed by atoms with Gasteiger partial charge in [-0.2, -0.15) is 0 Å². The van der Waals surface area contributed by atoms with Crippen LogP contribution in [0.1, 0.15) is 32.6 Å². The van der Waals surface area contributed by atoms with Crippen LogP contribution in [0, 0.1) is 0 Å². The van der Waals surface area contributed by atoms with E-state index in [2.05, 4.69) is 5.32 Å². The van der Waals surface area contributed by atoms with Gasteiger partial charge in [-0.25, -0.2) is 13.2 Å². The minimum absolute atomic E-state index is 0.0385. The van der Waals surface area contributed by atoms with Gasteiger partial charge in [0.2, 0.25) is 11.8 Å². The van der Waals surface area contributed by atoms with Gasteiger partial charge in [0.25, 0.3) is 0 Å². The number of ether oxygens (including phenoxy) is 1. The fraction of sp³-hybridized carbons (Fsp3) is 0.812. The predicted molar refractivity (Wildman–Crippen MR) is 94.2 cm³/mol. The minimum atomic E-state index is -3.08. The summed E-state index contributed by atoms with van der Waals surface area (Å²) in [6, 6.07) is -0.439. The third-order valence-corrected chi connectivity index (χ3v) is 6.60. The highest BCUT2D eigenvalue weighted by Gasteiger charge is 2.33. The van der Waals surface area contributed by atoms with Gasteiger partial charge in [0.1, 0.15) is 6.42 Å². The molecule has 2 saturated heterocycles. The average molecular weight is 389 g/mol. The van der Waals surface area contributed by atoms with Gasteiger partial charge >= 0.3 is 6.09 Å². The fourth-order valence-corrected chi connectivity index (χ4v) is 5.02. The van der Waals surface area contributed by atoms with Crippen molar-refractivity contribution in [3.63, 3.8) is 0 Å². The van der Waals surface area contributed by atoms with Crippen molar-refractivity contribution in [1.29, 1.82) is 0 Å². The van der Waals surface area contributed by atoms with Crippen LogP contribution in [-0.4, -0.2) is 86.5 Å². The molecule has 0 aromatic carbocycles. The molecule has 26 heavy (non-hydrogen) atoms. The monoisotopic (exact) mass is 389 g/mol. The van der Waals surface area contributed by atoms with E-state index in [0.717, 1.165) is 0 Å². The number of hydrogen-bond acceptors (Lipinski definition) is 6. The normalized spacial score (nSPS) is 22.7. The van der Waals surface area contributed by atoms with Crippen LogP contribution in [0.3, 0.4) is 0 Å². The Bertz CT molecular complexity index is 642. The van der Waals surface area contributed by atoms with Crippen molar-refractivity contribution in [3.8, 4) is 0 Å². The molecular formula is C16H27N3O6S. The SMILES string of the molecule is CCOC(=O)N1CCC(NC(=O)CC(=O)N(C)C2CCS(=O)(=O)C2)CC1. The molecule has 1 atom stereocenters. The van der Waals surface area contributed by atoms with Crippen molar-refractivity contribution in [2.24, 2.45) is 0 Å². The molecule has 2 rings (SSSR count). The molecule has 2 aliphatic rings. The largest absolute Gasteiger partial charge is 0.450 e. The first-order valence-corrected chi connectivity index (χ1v) is 10.7. The van der Waals surface area contributed by atoms with E-state index >= 15 is 0 Å². The Morgan fingerprint density at radius 2 is 1.85 bits per heavy atom. The van der Waals surface area contributed by atoms with E-state index in [4.69, 9.17) is 4.74 Å². The summed E-state index contributed by atoms with van der Waals surface area (Å²) >= 11 is 0. The summed E-state index contributed by atoms with van der Waals surface area (Å²) in [6.45, 7) is 3.07. The maximum Gasteiger partial charge on any atom is 0.409 e. The topological polar surface area (TPSA) is 113 Å². The van der Waals surface area contributed by atoms with E-state index in [-0.39, 0.29) is 47.9 Å². The highest BCUT2D eigenvalue weighted by molar-refractivity contribution is 7.91. The summed E-state index contributed by atoms with van der Waals surface area (Å²) in [6.07, 6.45) is 0.981. The third-order valence-electron chi connectivity index (χ3n) is 4.85. The van der Waals surface area contributed by atoms with E-state index in [1.54, 1.807) is 18.9 Å². The number of carbonyl (C=O) groups excluding carboxylic acids is 3. The van der Waals surface area contributed by atoms with E-state index in [9.17, 15) is 22.8 Å².